The first-order valence-corrected chi connectivity index (χ1v) is 12.7. The van der Waals surface area contributed by atoms with Gasteiger partial charge in [0, 0.05) is 37.6 Å². The lowest BCUT2D eigenvalue weighted by Gasteiger charge is -2.18. The Balaban J connectivity index is 0.000000362. The Morgan fingerprint density at radius 3 is 2.79 bits per heavy atom. The van der Waals surface area contributed by atoms with Crippen molar-refractivity contribution in [3.63, 3.8) is 0 Å². The average Bonchev–Trinajstić information content (AvgIpc) is 3.48. The first kappa shape index (κ1) is 26.9. The normalized spacial score (nSPS) is 14.4. The highest BCUT2D eigenvalue weighted by molar-refractivity contribution is 7.18. The molecule has 1 unspecified atom stereocenters. The van der Waals surface area contributed by atoms with Gasteiger partial charge in [-0.1, -0.05) is 49.4 Å². The van der Waals surface area contributed by atoms with Crippen LogP contribution in [0.5, 0.6) is 0 Å². The van der Waals surface area contributed by atoms with Crippen LogP contribution in [0.1, 0.15) is 57.3 Å². The van der Waals surface area contributed by atoms with E-state index < -0.39 is 0 Å². The van der Waals surface area contributed by atoms with Crippen LogP contribution in [-0.2, 0) is 6.54 Å². The summed E-state index contributed by atoms with van der Waals surface area (Å²) < 4.78 is 6.48. The predicted octanol–water partition coefficient (Wildman–Crippen LogP) is 6.38. The molecule has 3 N–H and O–H groups in total. The molecule has 0 spiro atoms. The van der Waals surface area contributed by atoms with Gasteiger partial charge in [-0.2, -0.15) is 0 Å². The van der Waals surface area contributed by atoms with Gasteiger partial charge in [-0.15, -0.1) is 11.3 Å². The molecule has 3 heterocycles. The topological polar surface area (TPSA) is 75.5 Å². The molecule has 7 heteroatoms. The van der Waals surface area contributed by atoms with Gasteiger partial charge in [-0.05, 0) is 37.8 Å². The van der Waals surface area contributed by atoms with E-state index in [0.717, 1.165) is 33.6 Å². The molecule has 5 nitrogen and oxygen atoms in total. The monoisotopic (exact) mass is 487 g/mol. The molecule has 3 aromatic heterocycles. The van der Waals surface area contributed by atoms with E-state index in [1.807, 2.05) is 44.5 Å². The van der Waals surface area contributed by atoms with E-state index in [1.54, 1.807) is 17.6 Å². The molecule has 3 aromatic rings. The summed E-state index contributed by atoms with van der Waals surface area (Å²) >= 11 is 7.83. The van der Waals surface area contributed by atoms with Crippen LogP contribution in [-0.4, -0.2) is 29.8 Å². The van der Waals surface area contributed by atoms with Crippen LogP contribution >= 0.6 is 22.9 Å². The standard InChI is InChI=1S/C18H17ClN2O2S.C6H11N.C2H6/c1-21(11-14-7-5-9-23-14)15-10-16(19)20-17-13(12-24-18(15)17)6-3-2-4-8-22;7-6-4-2-1-3-5-6;1-2/h5,7,9-10,12,22H,2,4,8,11H2,1H3;1-2,6H,3-5,7H2;1-2H3. The summed E-state index contributed by atoms with van der Waals surface area (Å²) in [6, 6.07) is 6.14. The van der Waals surface area contributed by atoms with Crippen LogP contribution in [0.2, 0.25) is 5.15 Å². The highest BCUT2D eigenvalue weighted by Gasteiger charge is 2.14. The van der Waals surface area contributed by atoms with E-state index in [-0.39, 0.29) is 6.61 Å². The molecule has 0 amide bonds. The van der Waals surface area contributed by atoms with Crippen molar-refractivity contribution in [1.82, 2.24) is 4.98 Å². The fourth-order valence-corrected chi connectivity index (χ4v) is 4.39. The lowest BCUT2D eigenvalue weighted by molar-refractivity contribution is 0.290. The van der Waals surface area contributed by atoms with Crippen molar-refractivity contribution in [3.05, 3.63) is 58.5 Å². The van der Waals surface area contributed by atoms with E-state index in [2.05, 4.69) is 33.9 Å². The number of aliphatic hydroxyl groups excluding tert-OH is 1. The Labute approximate surface area is 206 Å². The Bertz CT molecular complexity index is 1050. The van der Waals surface area contributed by atoms with Crippen LogP contribution in [0, 0.1) is 11.8 Å². The molecule has 4 rings (SSSR count). The number of nitrogens with zero attached hydrogens (tertiary/aromatic N) is 2. The maximum atomic E-state index is 8.83. The van der Waals surface area contributed by atoms with Crippen molar-refractivity contribution >= 4 is 38.8 Å². The average molecular weight is 488 g/mol. The van der Waals surface area contributed by atoms with Crippen molar-refractivity contribution in [3.8, 4) is 11.8 Å². The number of fused-ring (bicyclic) bond motifs is 1. The summed E-state index contributed by atoms with van der Waals surface area (Å²) in [7, 11) is 2.00. The number of hydrogen-bond donors (Lipinski definition) is 2. The third-order valence-corrected chi connectivity index (χ3v) is 6.03. The largest absolute Gasteiger partial charge is 0.467 e. The van der Waals surface area contributed by atoms with Crippen molar-refractivity contribution < 1.29 is 9.52 Å². The Hall–Kier alpha value is -2.30. The number of pyridine rings is 1. The van der Waals surface area contributed by atoms with E-state index in [0.29, 0.717) is 30.6 Å². The van der Waals surface area contributed by atoms with Crippen LogP contribution < -0.4 is 10.6 Å². The third kappa shape index (κ3) is 8.53. The fraction of sp³-hybridized carbons (Fsp3) is 0.423. The number of aromatic nitrogens is 1. The zero-order valence-corrected chi connectivity index (χ0v) is 21.3. The number of allylic oxidation sites excluding steroid dienone is 1. The molecule has 0 saturated carbocycles. The Morgan fingerprint density at radius 2 is 2.18 bits per heavy atom. The molecule has 0 bridgehead atoms. The molecule has 1 aliphatic carbocycles. The molecule has 0 aromatic carbocycles. The molecule has 178 valence electrons. The minimum atomic E-state index is 0.158. The van der Waals surface area contributed by atoms with Gasteiger partial charge in [0.15, 0.2) is 0 Å². The molecule has 1 atom stereocenters. The smallest absolute Gasteiger partial charge is 0.131 e. The molecular formula is C26H34ClN3O2S. The Kier molecular flexibility index (Phi) is 12.1. The van der Waals surface area contributed by atoms with Gasteiger partial charge in [0.25, 0.3) is 0 Å². The lowest BCUT2D eigenvalue weighted by Crippen LogP contribution is -2.19. The van der Waals surface area contributed by atoms with Crippen molar-refractivity contribution in [2.24, 2.45) is 5.73 Å². The first-order chi connectivity index (χ1) is 16.1. The molecule has 0 aliphatic heterocycles. The number of nitrogens with two attached hydrogens (primary N) is 1. The molecule has 1 aliphatic rings. The van der Waals surface area contributed by atoms with E-state index in [1.165, 1.54) is 12.8 Å². The van der Waals surface area contributed by atoms with Crippen LogP contribution in [0.3, 0.4) is 0 Å². The predicted molar refractivity (Wildman–Crippen MR) is 141 cm³/mol. The van der Waals surface area contributed by atoms with Crippen molar-refractivity contribution in [2.45, 2.75) is 58.5 Å². The number of hydrogen-bond acceptors (Lipinski definition) is 6. The highest BCUT2D eigenvalue weighted by atomic mass is 35.5. The summed E-state index contributed by atoms with van der Waals surface area (Å²) in [5.74, 6) is 7.09. The molecule has 0 fully saturated rings. The second-order valence-corrected chi connectivity index (χ2v) is 8.67. The summed E-state index contributed by atoms with van der Waals surface area (Å²) in [6.07, 6.45) is 10.8. The third-order valence-electron chi connectivity index (χ3n) is 4.85. The summed E-state index contributed by atoms with van der Waals surface area (Å²) in [6.45, 7) is 4.81. The quantitative estimate of drug-likeness (QED) is 0.189. The first-order valence-electron chi connectivity index (χ1n) is 11.4. The zero-order valence-electron chi connectivity index (χ0n) is 19.7. The Morgan fingerprint density at radius 1 is 1.36 bits per heavy atom. The number of halogens is 1. The van der Waals surface area contributed by atoms with Gasteiger partial charge in [0.2, 0.25) is 0 Å². The lowest BCUT2D eigenvalue weighted by atomic mass is 10.0. The van der Waals surface area contributed by atoms with Gasteiger partial charge < -0.3 is 20.2 Å². The zero-order chi connectivity index (χ0) is 24.1. The van der Waals surface area contributed by atoms with Crippen LogP contribution in [0.15, 0.2) is 46.4 Å². The number of furan rings is 1. The fourth-order valence-electron chi connectivity index (χ4n) is 3.20. The second kappa shape index (κ2) is 14.8. The molecule has 33 heavy (non-hydrogen) atoms. The van der Waals surface area contributed by atoms with Crippen LogP contribution in [0.4, 0.5) is 5.69 Å². The van der Waals surface area contributed by atoms with Gasteiger partial charge in [0.1, 0.15) is 16.4 Å². The van der Waals surface area contributed by atoms with E-state index >= 15 is 0 Å². The minimum absolute atomic E-state index is 0.158. The molecule has 0 radical (unpaired) electrons. The minimum Gasteiger partial charge on any atom is -0.467 e. The molecular weight excluding hydrogens is 454 g/mol. The van der Waals surface area contributed by atoms with Crippen molar-refractivity contribution in [1.29, 1.82) is 0 Å². The molecule has 0 saturated heterocycles. The SMILES string of the molecule is CC.CN(Cc1ccco1)c1cc(Cl)nc2c(C#CCCCO)csc12.NC1CC=CCC1. The number of unbranched alkanes of at least 4 members (excludes halogenated alkanes) is 1. The number of aliphatic hydroxyl groups is 1. The summed E-state index contributed by atoms with van der Waals surface area (Å²) in [4.78, 5) is 6.54. The van der Waals surface area contributed by atoms with Gasteiger partial charge in [-0.25, -0.2) is 4.98 Å². The number of rotatable bonds is 5. The maximum Gasteiger partial charge on any atom is 0.131 e. The van der Waals surface area contributed by atoms with Gasteiger partial charge >= 0.3 is 0 Å². The van der Waals surface area contributed by atoms with Gasteiger partial charge in [0.05, 0.1) is 28.8 Å². The second-order valence-electron chi connectivity index (χ2n) is 7.40. The maximum absolute atomic E-state index is 8.83. The summed E-state index contributed by atoms with van der Waals surface area (Å²) in [5, 5.41) is 11.3. The van der Waals surface area contributed by atoms with Crippen LogP contribution in [0.25, 0.3) is 10.2 Å². The van der Waals surface area contributed by atoms with E-state index in [4.69, 9.17) is 26.9 Å². The highest BCUT2D eigenvalue weighted by Crippen LogP contribution is 2.35. The van der Waals surface area contributed by atoms with Gasteiger partial charge in [-0.3, -0.25) is 0 Å². The summed E-state index contributed by atoms with van der Waals surface area (Å²) in [5.41, 5.74) is 8.29. The number of anilines is 1. The number of thiophene rings is 1. The van der Waals surface area contributed by atoms with Crippen molar-refractivity contribution in [2.75, 3.05) is 18.6 Å². The van der Waals surface area contributed by atoms with E-state index in [9.17, 15) is 0 Å².